The summed E-state index contributed by atoms with van der Waals surface area (Å²) in [7, 11) is 0. The Morgan fingerprint density at radius 2 is 1.55 bits per heavy atom. The van der Waals surface area contributed by atoms with Crippen molar-refractivity contribution in [3.8, 4) is 0 Å². The Kier molecular flexibility index (Phi) is 5.62. The van der Waals surface area contributed by atoms with Gasteiger partial charge in [0.05, 0.1) is 23.8 Å². The van der Waals surface area contributed by atoms with E-state index in [-0.39, 0.29) is 23.6 Å². The van der Waals surface area contributed by atoms with E-state index in [0.717, 1.165) is 50.0 Å². The second-order valence-corrected chi connectivity index (χ2v) is 15.6. The number of nitrogens with zero attached hydrogens (tertiary/aromatic N) is 1. The first-order valence-electron chi connectivity index (χ1n) is 16.4. The second kappa shape index (κ2) is 8.66. The molecule has 4 unspecified atom stereocenters. The molecule has 216 valence electrons. The molecule has 0 bridgehead atoms. The highest BCUT2D eigenvalue weighted by atomic mass is 16.7. The zero-order valence-corrected chi connectivity index (χ0v) is 24.9. The van der Waals surface area contributed by atoms with E-state index in [9.17, 15) is 9.59 Å². The van der Waals surface area contributed by atoms with Crippen LogP contribution in [0.25, 0.3) is 0 Å². The number of hydrogen-bond acceptors (Lipinski definition) is 4. The monoisotopic (exact) mass is 545 g/mol. The molecule has 0 aromatic heterocycles. The van der Waals surface area contributed by atoms with E-state index in [0.29, 0.717) is 51.7 Å². The maximum absolute atomic E-state index is 13.3. The number of amides is 2. The fourth-order valence-corrected chi connectivity index (χ4v) is 12.0. The van der Waals surface area contributed by atoms with Crippen LogP contribution in [0.15, 0.2) is 24.3 Å². The predicted molar refractivity (Wildman–Crippen MR) is 152 cm³/mol. The summed E-state index contributed by atoms with van der Waals surface area (Å²) >= 11 is 0. The molecule has 6 fully saturated rings. The first-order valence-corrected chi connectivity index (χ1v) is 16.4. The van der Waals surface area contributed by atoms with Crippen molar-refractivity contribution < 1.29 is 19.1 Å². The molecule has 3 heterocycles. The molecular weight excluding hydrogens is 498 g/mol. The Morgan fingerprint density at radius 3 is 2.25 bits per heavy atom. The SMILES string of the molecule is C[C@H]1CC[C@@]2(OC1)O[C@H]1C[C@H]3[C@@H]4CCC5CC(N6C(=O)c7ccccc7C6=O)CCC5(C)[C@H]4CCC3(C)[C@H]1[C@@H]2C. The number of benzene rings is 1. The van der Waals surface area contributed by atoms with Crippen LogP contribution in [0.1, 0.15) is 113 Å². The molecule has 2 saturated heterocycles. The van der Waals surface area contributed by atoms with Gasteiger partial charge in [0.2, 0.25) is 0 Å². The van der Waals surface area contributed by atoms with Crippen molar-refractivity contribution in [3.63, 3.8) is 0 Å². The first-order chi connectivity index (χ1) is 19.2. The van der Waals surface area contributed by atoms with Gasteiger partial charge in [-0.15, -0.1) is 0 Å². The Balaban J connectivity index is 1.00. The van der Waals surface area contributed by atoms with Crippen LogP contribution in [0.5, 0.6) is 0 Å². The Hall–Kier alpha value is -1.72. The molecule has 1 aromatic carbocycles. The molecule has 7 aliphatic rings. The third-order valence-corrected chi connectivity index (χ3v) is 14.1. The summed E-state index contributed by atoms with van der Waals surface area (Å²) in [4.78, 5) is 28.2. The van der Waals surface area contributed by atoms with Crippen LogP contribution in [-0.2, 0) is 9.47 Å². The number of carbonyl (C=O) groups excluding carboxylic acids is 2. The van der Waals surface area contributed by atoms with Crippen molar-refractivity contribution in [1.82, 2.24) is 4.90 Å². The molecule has 4 aliphatic carbocycles. The van der Waals surface area contributed by atoms with E-state index in [1.54, 1.807) is 4.90 Å². The summed E-state index contributed by atoms with van der Waals surface area (Å²) in [6.07, 6.45) is 12.1. The van der Waals surface area contributed by atoms with Crippen molar-refractivity contribution in [2.45, 2.75) is 110 Å². The van der Waals surface area contributed by atoms with E-state index >= 15 is 0 Å². The van der Waals surface area contributed by atoms with Gasteiger partial charge in [0.1, 0.15) is 0 Å². The molecule has 12 atom stereocenters. The molecule has 2 amide bonds. The van der Waals surface area contributed by atoms with Crippen LogP contribution < -0.4 is 0 Å². The molecule has 0 N–H and O–H groups in total. The van der Waals surface area contributed by atoms with Gasteiger partial charge in [-0.05, 0) is 116 Å². The third kappa shape index (κ3) is 3.28. The fourth-order valence-electron chi connectivity index (χ4n) is 12.0. The second-order valence-electron chi connectivity index (χ2n) is 15.6. The van der Waals surface area contributed by atoms with Crippen LogP contribution in [0.3, 0.4) is 0 Å². The molecule has 1 spiro atoms. The summed E-state index contributed by atoms with van der Waals surface area (Å²) in [5, 5.41) is 0. The smallest absolute Gasteiger partial charge is 0.261 e. The lowest BCUT2D eigenvalue weighted by Crippen LogP contribution is -2.56. The van der Waals surface area contributed by atoms with Gasteiger partial charge in [-0.3, -0.25) is 14.5 Å². The van der Waals surface area contributed by atoms with Crippen LogP contribution in [0, 0.1) is 52.3 Å². The highest BCUT2D eigenvalue weighted by molar-refractivity contribution is 6.21. The average molecular weight is 546 g/mol. The fraction of sp³-hybridized carbons (Fsp3) is 0.771. The number of hydrogen-bond donors (Lipinski definition) is 0. The van der Waals surface area contributed by atoms with Gasteiger partial charge in [0.15, 0.2) is 5.79 Å². The van der Waals surface area contributed by atoms with Crippen LogP contribution in [0.4, 0.5) is 0 Å². The van der Waals surface area contributed by atoms with Crippen molar-refractivity contribution in [2.75, 3.05) is 6.61 Å². The maximum Gasteiger partial charge on any atom is 0.261 e. The molecule has 5 nitrogen and oxygen atoms in total. The first kappa shape index (κ1) is 25.9. The van der Waals surface area contributed by atoms with E-state index < -0.39 is 0 Å². The van der Waals surface area contributed by atoms with Gasteiger partial charge in [-0.1, -0.05) is 39.8 Å². The Labute approximate surface area is 239 Å². The molecule has 40 heavy (non-hydrogen) atoms. The Bertz CT molecular complexity index is 1200. The minimum Gasteiger partial charge on any atom is -0.349 e. The lowest BCUT2D eigenvalue weighted by atomic mass is 9.44. The van der Waals surface area contributed by atoms with Crippen LogP contribution in [-0.4, -0.2) is 41.3 Å². The minimum atomic E-state index is -0.335. The van der Waals surface area contributed by atoms with Crippen molar-refractivity contribution in [3.05, 3.63) is 35.4 Å². The standard InChI is InChI=1S/C35H47NO4/c1-20-11-16-35(39-19-20)21(2)30-29(40-35)18-28-26-10-9-22-17-23(12-14-33(22,3)27(26)13-15-34(28,30)4)36-31(37)24-7-5-6-8-25(24)32(36)38/h5-8,20-23,26-30H,9-19H2,1-4H3/t20-,21-,22?,23?,26+,27-,28-,29-,30-,33?,34?,35+/m0/s1. The van der Waals surface area contributed by atoms with E-state index in [1.807, 2.05) is 24.3 Å². The number of rotatable bonds is 1. The molecule has 8 rings (SSSR count). The molecule has 0 radical (unpaired) electrons. The number of fused-ring (bicyclic) bond motifs is 8. The quantitative estimate of drug-likeness (QED) is 0.353. The van der Waals surface area contributed by atoms with Gasteiger partial charge in [-0.25, -0.2) is 0 Å². The van der Waals surface area contributed by atoms with E-state index in [2.05, 4.69) is 27.7 Å². The van der Waals surface area contributed by atoms with Crippen LogP contribution >= 0.6 is 0 Å². The lowest BCUT2D eigenvalue weighted by Gasteiger charge is -2.61. The summed E-state index contributed by atoms with van der Waals surface area (Å²) in [6.45, 7) is 10.8. The summed E-state index contributed by atoms with van der Waals surface area (Å²) in [5.41, 5.74) is 1.85. The predicted octanol–water partition coefficient (Wildman–Crippen LogP) is 7.10. The Morgan fingerprint density at radius 1 is 0.825 bits per heavy atom. The van der Waals surface area contributed by atoms with E-state index in [1.165, 1.54) is 38.5 Å². The maximum atomic E-state index is 13.3. The summed E-state index contributed by atoms with van der Waals surface area (Å²) in [5.74, 6) is 4.12. The zero-order chi connectivity index (χ0) is 27.6. The van der Waals surface area contributed by atoms with Gasteiger partial charge in [0.25, 0.3) is 11.8 Å². The third-order valence-electron chi connectivity index (χ3n) is 14.1. The highest BCUT2D eigenvalue weighted by Gasteiger charge is 2.69. The topological polar surface area (TPSA) is 55.8 Å². The van der Waals surface area contributed by atoms with Crippen molar-refractivity contribution in [2.24, 2.45) is 52.3 Å². The molecule has 1 aromatic rings. The zero-order valence-electron chi connectivity index (χ0n) is 24.9. The minimum absolute atomic E-state index is 0.0466. The molecule has 3 aliphatic heterocycles. The number of imide groups is 1. The van der Waals surface area contributed by atoms with Crippen molar-refractivity contribution in [1.29, 1.82) is 0 Å². The van der Waals surface area contributed by atoms with Gasteiger partial charge in [0, 0.05) is 18.4 Å². The van der Waals surface area contributed by atoms with Gasteiger partial charge >= 0.3 is 0 Å². The largest absolute Gasteiger partial charge is 0.349 e. The van der Waals surface area contributed by atoms with Gasteiger partial charge in [-0.2, -0.15) is 0 Å². The molecule has 5 heteroatoms. The molecule has 4 saturated carbocycles. The number of ether oxygens (including phenoxy) is 2. The highest BCUT2D eigenvalue weighted by Crippen LogP contribution is 2.71. The molecular formula is C35H47NO4. The lowest BCUT2D eigenvalue weighted by molar-refractivity contribution is -0.273. The van der Waals surface area contributed by atoms with Crippen molar-refractivity contribution >= 4 is 11.8 Å². The van der Waals surface area contributed by atoms with Crippen LogP contribution in [0.2, 0.25) is 0 Å². The number of carbonyl (C=O) groups is 2. The van der Waals surface area contributed by atoms with Gasteiger partial charge < -0.3 is 9.47 Å². The average Bonchev–Trinajstić information content (AvgIpc) is 3.50. The summed E-state index contributed by atoms with van der Waals surface area (Å²) < 4.78 is 13.5. The summed E-state index contributed by atoms with van der Waals surface area (Å²) in [6, 6.07) is 7.42. The normalized spacial score (nSPS) is 51.3. The van der Waals surface area contributed by atoms with E-state index in [4.69, 9.17) is 9.47 Å².